The van der Waals surface area contributed by atoms with E-state index < -0.39 is 12.0 Å². The van der Waals surface area contributed by atoms with Crippen LogP contribution in [0.1, 0.15) is 35.4 Å². The number of hydrogen-bond donors (Lipinski definition) is 0. The molecule has 0 unspecified atom stereocenters. The second-order valence-corrected chi connectivity index (χ2v) is 7.68. The fourth-order valence-corrected chi connectivity index (χ4v) is 4.33. The van der Waals surface area contributed by atoms with Crippen molar-refractivity contribution in [1.29, 1.82) is 0 Å². The largest absolute Gasteiger partial charge is 0.464 e. The van der Waals surface area contributed by atoms with Crippen LogP contribution in [0.5, 0.6) is 5.75 Å². The molecule has 2 aliphatic rings. The van der Waals surface area contributed by atoms with Crippen molar-refractivity contribution >= 4 is 16.7 Å². The number of hydrazone groups is 1. The smallest absolute Gasteiger partial charge is 0.220 e. The van der Waals surface area contributed by atoms with E-state index >= 15 is 0 Å². The molecule has 6 heteroatoms. The first kappa shape index (κ1) is 17.9. The fourth-order valence-electron chi connectivity index (χ4n) is 4.33. The van der Waals surface area contributed by atoms with Gasteiger partial charge >= 0.3 is 0 Å². The first-order chi connectivity index (χ1) is 15.2. The lowest BCUT2D eigenvalue weighted by atomic mass is 9.96. The van der Waals surface area contributed by atoms with Gasteiger partial charge in [-0.1, -0.05) is 48.5 Å². The highest BCUT2D eigenvalue weighted by molar-refractivity contribution is 6.01. The lowest BCUT2D eigenvalue weighted by Gasteiger charge is -2.37. The molecule has 0 radical (unpaired) electrons. The molecular formula is C25H17FN2O3. The summed E-state index contributed by atoms with van der Waals surface area (Å²) in [7, 11) is 0. The van der Waals surface area contributed by atoms with Gasteiger partial charge in [-0.05, 0) is 29.8 Å². The van der Waals surface area contributed by atoms with Crippen molar-refractivity contribution in [2.45, 2.75) is 18.7 Å². The zero-order chi connectivity index (χ0) is 20.9. The van der Waals surface area contributed by atoms with Gasteiger partial charge in [0.05, 0.1) is 22.7 Å². The molecule has 0 saturated carbocycles. The summed E-state index contributed by atoms with van der Waals surface area (Å²) in [6, 6.07) is 21.6. The van der Waals surface area contributed by atoms with Gasteiger partial charge in [-0.3, -0.25) is 4.79 Å². The summed E-state index contributed by atoms with van der Waals surface area (Å²) >= 11 is 0. The zero-order valence-electron chi connectivity index (χ0n) is 16.4. The second-order valence-electron chi connectivity index (χ2n) is 7.68. The number of rotatable bonds is 2. The van der Waals surface area contributed by atoms with E-state index in [1.165, 1.54) is 24.5 Å². The van der Waals surface area contributed by atoms with Crippen molar-refractivity contribution in [2.75, 3.05) is 0 Å². The molecule has 0 N–H and O–H groups in total. The standard InChI is InChI=1S/C25H17FN2O3/c26-16-10-11-22-18(12-16)24(29)19(14-30-22)25-28-21(17-8-4-5-9-23(17)31-25)13-20(27-28)15-6-2-1-3-7-15/h1-12,14,21,25H,13H2/t21-,25-/m1/s1. The fraction of sp³-hybridized carbons (Fsp3) is 0.120. The van der Waals surface area contributed by atoms with E-state index in [1.807, 2.05) is 59.6 Å². The Morgan fingerprint density at radius 3 is 2.65 bits per heavy atom. The van der Waals surface area contributed by atoms with Gasteiger partial charge < -0.3 is 9.15 Å². The highest BCUT2D eigenvalue weighted by Crippen LogP contribution is 2.47. The molecule has 152 valence electrons. The highest BCUT2D eigenvalue weighted by atomic mass is 19.1. The summed E-state index contributed by atoms with van der Waals surface area (Å²) in [4.78, 5) is 13.3. The predicted octanol–water partition coefficient (Wildman–Crippen LogP) is 5.17. The minimum absolute atomic E-state index is 0.0761. The van der Waals surface area contributed by atoms with Crippen LogP contribution in [0.4, 0.5) is 4.39 Å². The van der Waals surface area contributed by atoms with Gasteiger partial charge in [-0.15, -0.1) is 0 Å². The molecule has 31 heavy (non-hydrogen) atoms. The maximum absolute atomic E-state index is 13.8. The van der Waals surface area contributed by atoms with Gasteiger partial charge in [0.15, 0.2) is 0 Å². The Kier molecular flexibility index (Phi) is 3.93. The third-order valence-corrected chi connectivity index (χ3v) is 5.83. The van der Waals surface area contributed by atoms with Gasteiger partial charge in [0.2, 0.25) is 11.7 Å². The van der Waals surface area contributed by atoms with E-state index in [9.17, 15) is 9.18 Å². The van der Waals surface area contributed by atoms with Crippen LogP contribution in [0.25, 0.3) is 11.0 Å². The number of nitrogens with zero attached hydrogens (tertiary/aromatic N) is 2. The number of ether oxygens (including phenoxy) is 1. The molecule has 0 bridgehead atoms. The Hall–Kier alpha value is -3.93. The molecule has 2 aliphatic heterocycles. The van der Waals surface area contributed by atoms with Crippen LogP contribution in [-0.4, -0.2) is 10.7 Å². The molecule has 0 saturated heterocycles. The Morgan fingerprint density at radius 2 is 1.77 bits per heavy atom. The first-order valence-corrected chi connectivity index (χ1v) is 10.1. The van der Waals surface area contributed by atoms with E-state index in [2.05, 4.69) is 0 Å². The number of halogens is 1. The lowest BCUT2D eigenvalue weighted by Crippen LogP contribution is -2.36. The van der Waals surface area contributed by atoms with Crippen LogP contribution in [0.3, 0.4) is 0 Å². The SMILES string of the molecule is O=c1c([C@H]2Oc3ccccc3[C@H]3CC(c4ccccc4)=NN32)coc2ccc(F)cc12. The summed E-state index contributed by atoms with van der Waals surface area (Å²) in [6.07, 6.45) is 1.31. The Bertz CT molecular complexity index is 1400. The molecule has 3 heterocycles. The van der Waals surface area contributed by atoms with E-state index in [0.717, 1.165) is 16.8 Å². The van der Waals surface area contributed by atoms with Gasteiger partial charge in [-0.2, -0.15) is 5.10 Å². The third-order valence-electron chi connectivity index (χ3n) is 5.83. The van der Waals surface area contributed by atoms with Gasteiger partial charge in [0.1, 0.15) is 23.4 Å². The molecule has 5 nitrogen and oxygen atoms in total. The summed E-state index contributed by atoms with van der Waals surface area (Å²) in [5, 5.41) is 6.85. The van der Waals surface area contributed by atoms with E-state index in [4.69, 9.17) is 14.3 Å². The van der Waals surface area contributed by atoms with Crippen LogP contribution < -0.4 is 10.2 Å². The Morgan fingerprint density at radius 1 is 0.968 bits per heavy atom. The number of para-hydroxylation sites is 1. The molecule has 6 rings (SSSR count). The predicted molar refractivity (Wildman–Crippen MR) is 114 cm³/mol. The molecule has 0 fully saturated rings. The van der Waals surface area contributed by atoms with Crippen LogP contribution in [0, 0.1) is 5.82 Å². The monoisotopic (exact) mass is 412 g/mol. The molecular weight excluding hydrogens is 395 g/mol. The van der Waals surface area contributed by atoms with Crippen molar-refractivity contribution in [3.8, 4) is 5.75 Å². The molecule has 4 aromatic rings. The quantitative estimate of drug-likeness (QED) is 0.456. The molecule has 1 aromatic heterocycles. The van der Waals surface area contributed by atoms with E-state index in [0.29, 0.717) is 17.8 Å². The minimum Gasteiger partial charge on any atom is -0.464 e. The molecule has 0 spiro atoms. The van der Waals surface area contributed by atoms with Crippen LogP contribution >= 0.6 is 0 Å². The minimum atomic E-state index is -0.773. The van der Waals surface area contributed by atoms with E-state index in [-0.39, 0.29) is 22.4 Å². The van der Waals surface area contributed by atoms with Crippen LogP contribution in [-0.2, 0) is 0 Å². The first-order valence-electron chi connectivity index (χ1n) is 10.1. The topological polar surface area (TPSA) is 55.0 Å². The van der Waals surface area contributed by atoms with Crippen molar-refractivity contribution in [3.63, 3.8) is 0 Å². The summed E-state index contributed by atoms with van der Waals surface area (Å²) in [5.74, 6) is 0.215. The molecule has 2 atom stereocenters. The maximum atomic E-state index is 13.8. The average Bonchev–Trinajstić information content (AvgIpc) is 3.26. The zero-order valence-corrected chi connectivity index (χ0v) is 16.4. The number of hydrogen-bond acceptors (Lipinski definition) is 5. The summed E-state index contributed by atoms with van der Waals surface area (Å²) in [5.41, 5.74) is 3.26. The van der Waals surface area contributed by atoms with Crippen molar-refractivity contribution in [1.82, 2.24) is 5.01 Å². The van der Waals surface area contributed by atoms with Gasteiger partial charge in [0, 0.05) is 12.0 Å². The number of benzene rings is 3. The third kappa shape index (κ3) is 2.83. The number of fused-ring (bicyclic) bond motifs is 4. The van der Waals surface area contributed by atoms with Crippen molar-refractivity contribution in [3.05, 3.63) is 112 Å². The van der Waals surface area contributed by atoms with Crippen LogP contribution in [0.15, 0.2) is 93.4 Å². The highest BCUT2D eigenvalue weighted by Gasteiger charge is 2.42. The Balaban J connectivity index is 1.52. The Labute approximate surface area is 177 Å². The molecule has 3 aromatic carbocycles. The molecule has 0 aliphatic carbocycles. The van der Waals surface area contributed by atoms with Crippen LogP contribution in [0.2, 0.25) is 0 Å². The maximum Gasteiger partial charge on any atom is 0.220 e. The lowest BCUT2D eigenvalue weighted by molar-refractivity contribution is -0.0205. The normalized spacial score (nSPS) is 19.5. The van der Waals surface area contributed by atoms with Gasteiger partial charge in [0.25, 0.3) is 0 Å². The summed E-state index contributed by atoms with van der Waals surface area (Å²) in [6.45, 7) is 0. The molecule has 0 amide bonds. The van der Waals surface area contributed by atoms with Crippen molar-refractivity contribution in [2.24, 2.45) is 5.10 Å². The summed E-state index contributed by atoms with van der Waals surface area (Å²) < 4.78 is 25.7. The average molecular weight is 412 g/mol. The van der Waals surface area contributed by atoms with E-state index in [1.54, 1.807) is 0 Å². The second kappa shape index (κ2) is 6.80. The van der Waals surface area contributed by atoms with Gasteiger partial charge in [-0.25, -0.2) is 9.40 Å². The van der Waals surface area contributed by atoms with Crippen molar-refractivity contribution < 1.29 is 13.5 Å².